The highest BCUT2D eigenvalue weighted by atomic mass is 35.5. The zero-order chi connectivity index (χ0) is 21.4. The van der Waals surface area contributed by atoms with Crippen molar-refractivity contribution in [2.45, 2.75) is 0 Å². The number of benzene rings is 2. The number of nitrogens with zero attached hydrogens (tertiary/aromatic N) is 1. The number of carbonyl (C=O) groups excluding carboxylic acids is 1. The first kappa shape index (κ1) is 20.3. The van der Waals surface area contributed by atoms with E-state index in [9.17, 15) is 19.1 Å². The predicted molar refractivity (Wildman–Crippen MR) is 118 cm³/mol. The molecule has 1 amide bonds. The van der Waals surface area contributed by atoms with Crippen LogP contribution in [0.25, 0.3) is 17.4 Å². The average molecular weight is 460 g/mol. The molecule has 0 aliphatic carbocycles. The molecule has 1 saturated heterocycles. The second kappa shape index (κ2) is 8.06. The molecule has 1 aliphatic heterocycles. The number of thioether (sulfide) groups is 1. The Bertz CT molecular complexity index is 1220. The molecule has 0 bridgehead atoms. The van der Waals surface area contributed by atoms with Crippen molar-refractivity contribution in [3.8, 4) is 11.3 Å². The summed E-state index contributed by atoms with van der Waals surface area (Å²) >= 11 is 12.3. The van der Waals surface area contributed by atoms with Gasteiger partial charge in [-0.3, -0.25) is 9.69 Å². The van der Waals surface area contributed by atoms with E-state index in [1.807, 2.05) is 0 Å². The maximum Gasteiger partial charge on any atom is 0.337 e. The van der Waals surface area contributed by atoms with Crippen molar-refractivity contribution in [3.63, 3.8) is 0 Å². The monoisotopic (exact) mass is 459 g/mol. The van der Waals surface area contributed by atoms with Crippen LogP contribution >= 0.6 is 35.6 Å². The number of amides is 1. The third kappa shape index (κ3) is 3.89. The van der Waals surface area contributed by atoms with E-state index < -0.39 is 11.8 Å². The summed E-state index contributed by atoms with van der Waals surface area (Å²) < 4.78 is 19.2. The molecule has 4 rings (SSSR count). The van der Waals surface area contributed by atoms with Crippen molar-refractivity contribution in [2.24, 2.45) is 0 Å². The summed E-state index contributed by atoms with van der Waals surface area (Å²) in [6.07, 6.45) is 1.56. The first-order chi connectivity index (χ1) is 14.3. The molecular formula is C21H11ClFNO4S2. The van der Waals surface area contributed by atoms with Crippen LogP contribution in [0.5, 0.6) is 0 Å². The van der Waals surface area contributed by atoms with Crippen LogP contribution in [-0.2, 0) is 4.79 Å². The van der Waals surface area contributed by atoms with E-state index in [-0.39, 0.29) is 16.5 Å². The van der Waals surface area contributed by atoms with E-state index in [1.165, 1.54) is 41.3 Å². The summed E-state index contributed by atoms with van der Waals surface area (Å²) in [5, 5.41) is 9.34. The fourth-order valence-corrected chi connectivity index (χ4v) is 4.32. The fourth-order valence-electron chi connectivity index (χ4n) is 2.84. The van der Waals surface area contributed by atoms with Crippen LogP contribution in [0.1, 0.15) is 16.1 Å². The quantitative estimate of drug-likeness (QED) is 0.390. The van der Waals surface area contributed by atoms with Crippen molar-refractivity contribution >= 4 is 63.5 Å². The first-order valence-corrected chi connectivity index (χ1v) is 10.1. The fraction of sp³-hybridized carbons (Fsp3) is 0. The highest BCUT2D eigenvalue weighted by Crippen LogP contribution is 2.37. The van der Waals surface area contributed by atoms with E-state index in [0.29, 0.717) is 32.0 Å². The van der Waals surface area contributed by atoms with Gasteiger partial charge < -0.3 is 9.52 Å². The van der Waals surface area contributed by atoms with Gasteiger partial charge in [-0.2, -0.15) is 0 Å². The van der Waals surface area contributed by atoms with Gasteiger partial charge in [0.25, 0.3) is 5.91 Å². The maximum atomic E-state index is 13.2. The number of rotatable bonds is 4. The molecule has 1 N–H and O–H groups in total. The zero-order valence-electron chi connectivity index (χ0n) is 15.0. The number of carbonyl (C=O) groups is 2. The number of anilines is 1. The molecule has 1 aromatic heterocycles. The molecule has 2 aromatic carbocycles. The number of halogens is 2. The summed E-state index contributed by atoms with van der Waals surface area (Å²) in [4.78, 5) is 25.7. The Morgan fingerprint density at radius 3 is 2.60 bits per heavy atom. The van der Waals surface area contributed by atoms with Gasteiger partial charge in [-0.25, -0.2) is 9.18 Å². The first-order valence-electron chi connectivity index (χ1n) is 8.50. The van der Waals surface area contributed by atoms with Gasteiger partial charge in [0.1, 0.15) is 17.3 Å². The number of carboxylic acids is 1. The van der Waals surface area contributed by atoms with Crippen molar-refractivity contribution < 1.29 is 23.5 Å². The summed E-state index contributed by atoms with van der Waals surface area (Å²) in [7, 11) is 0. The smallest absolute Gasteiger partial charge is 0.337 e. The Labute approximate surface area is 184 Å². The third-order valence-corrected chi connectivity index (χ3v) is 5.89. The molecule has 1 fully saturated rings. The highest BCUT2D eigenvalue weighted by Gasteiger charge is 2.33. The van der Waals surface area contributed by atoms with Gasteiger partial charge in [0.15, 0.2) is 4.32 Å². The molecule has 2 heterocycles. The molecule has 0 radical (unpaired) electrons. The van der Waals surface area contributed by atoms with Crippen molar-refractivity contribution in [3.05, 3.63) is 81.7 Å². The number of aromatic carboxylic acids is 1. The molecular weight excluding hydrogens is 449 g/mol. The van der Waals surface area contributed by atoms with E-state index in [2.05, 4.69) is 0 Å². The zero-order valence-corrected chi connectivity index (χ0v) is 17.4. The van der Waals surface area contributed by atoms with Gasteiger partial charge in [0.2, 0.25) is 0 Å². The minimum absolute atomic E-state index is 0.0349. The molecule has 0 spiro atoms. The summed E-state index contributed by atoms with van der Waals surface area (Å²) in [6.45, 7) is 0. The molecule has 0 saturated carbocycles. The third-order valence-electron chi connectivity index (χ3n) is 4.26. The standard InChI is InChI=1S/C21H11ClFNO4S2/c22-16-7-1-11(9-15(16)20(26)27)17-8-6-14(28-17)10-18-19(25)24(21(29)30-18)13-4-2-12(23)3-5-13/h1-10H,(H,26,27)/b18-10+. The second-order valence-corrected chi connectivity index (χ2v) is 8.28. The summed E-state index contributed by atoms with van der Waals surface area (Å²) in [5.74, 6) is -1.06. The molecule has 5 nitrogen and oxygen atoms in total. The molecule has 0 unspecified atom stereocenters. The normalized spacial score (nSPS) is 15.3. The van der Waals surface area contributed by atoms with Gasteiger partial charge in [0, 0.05) is 11.6 Å². The molecule has 150 valence electrons. The van der Waals surface area contributed by atoms with Gasteiger partial charge in [-0.05, 0) is 54.6 Å². The molecule has 1 aliphatic rings. The van der Waals surface area contributed by atoms with Crippen LogP contribution in [0.2, 0.25) is 5.02 Å². The minimum atomic E-state index is -1.14. The lowest BCUT2D eigenvalue weighted by molar-refractivity contribution is -0.113. The lowest BCUT2D eigenvalue weighted by Crippen LogP contribution is -2.27. The summed E-state index contributed by atoms with van der Waals surface area (Å²) in [5.41, 5.74) is 0.979. The van der Waals surface area contributed by atoms with Crippen LogP contribution < -0.4 is 4.90 Å². The summed E-state index contributed by atoms with van der Waals surface area (Å²) in [6, 6.07) is 13.4. The van der Waals surface area contributed by atoms with Crippen molar-refractivity contribution in [1.29, 1.82) is 0 Å². The largest absolute Gasteiger partial charge is 0.478 e. The van der Waals surface area contributed by atoms with Gasteiger partial charge in [-0.15, -0.1) is 0 Å². The number of furan rings is 1. The Balaban J connectivity index is 1.61. The number of thiocarbonyl (C=S) groups is 1. The number of hydrogen-bond donors (Lipinski definition) is 1. The lowest BCUT2D eigenvalue weighted by atomic mass is 10.1. The van der Waals surface area contributed by atoms with Crippen LogP contribution in [0, 0.1) is 5.82 Å². The van der Waals surface area contributed by atoms with Crippen LogP contribution in [0.4, 0.5) is 10.1 Å². The highest BCUT2D eigenvalue weighted by molar-refractivity contribution is 8.27. The molecule has 0 atom stereocenters. The topological polar surface area (TPSA) is 70.8 Å². The Kier molecular flexibility index (Phi) is 5.46. The lowest BCUT2D eigenvalue weighted by Gasteiger charge is -2.14. The SMILES string of the molecule is O=C(O)c1cc(-c2ccc(/C=C3/SC(=S)N(c4ccc(F)cc4)C3=O)o2)ccc1Cl. The predicted octanol–water partition coefficient (Wildman–Crippen LogP) is 5.84. The Morgan fingerprint density at radius 1 is 1.17 bits per heavy atom. The maximum absolute atomic E-state index is 13.2. The van der Waals surface area contributed by atoms with Gasteiger partial charge >= 0.3 is 5.97 Å². The van der Waals surface area contributed by atoms with E-state index >= 15 is 0 Å². The van der Waals surface area contributed by atoms with E-state index in [1.54, 1.807) is 24.3 Å². The average Bonchev–Trinajstić information content (AvgIpc) is 3.28. The van der Waals surface area contributed by atoms with Crippen LogP contribution in [0.15, 0.2) is 63.9 Å². The number of hydrogen-bond acceptors (Lipinski definition) is 5. The Hall–Kier alpha value is -2.94. The van der Waals surface area contributed by atoms with Crippen LogP contribution in [-0.4, -0.2) is 21.3 Å². The molecule has 3 aromatic rings. The van der Waals surface area contributed by atoms with Gasteiger partial charge in [-0.1, -0.05) is 35.6 Å². The Morgan fingerprint density at radius 2 is 1.90 bits per heavy atom. The van der Waals surface area contributed by atoms with Crippen LogP contribution in [0.3, 0.4) is 0 Å². The van der Waals surface area contributed by atoms with Crippen molar-refractivity contribution in [1.82, 2.24) is 0 Å². The van der Waals surface area contributed by atoms with E-state index in [0.717, 1.165) is 11.8 Å². The molecule has 9 heteroatoms. The van der Waals surface area contributed by atoms with Gasteiger partial charge in [0.05, 0.1) is 21.2 Å². The number of carboxylic acid groups (broad SMARTS) is 1. The van der Waals surface area contributed by atoms with Crippen molar-refractivity contribution in [2.75, 3.05) is 4.90 Å². The molecule has 30 heavy (non-hydrogen) atoms. The minimum Gasteiger partial charge on any atom is -0.478 e. The van der Waals surface area contributed by atoms with E-state index in [4.69, 9.17) is 28.2 Å². The second-order valence-electron chi connectivity index (χ2n) is 6.20.